The molecule has 0 aliphatic carbocycles. The minimum Gasteiger partial charge on any atom is -0.455 e. The molecular weight excluding hydrogens is 583 g/mol. The van der Waals surface area contributed by atoms with Crippen LogP contribution in [0.4, 0.5) is 17.1 Å². The fourth-order valence-electron chi connectivity index (χ4n) is 7.06. The first kappa shape index (κ1) is 25.5. The van der Waals surface area contributed by atoms with Gasteiger partial charge in [-0.1, -0.05) is 91.0 Å². The van der Waals surface area contributed by atoms with Crippen LogP contribution in [0.1, 0.15) is 0 Å². The molecule has 0 spiro atoms. The summed E-state index contributed by atoms with van der Waals surface area (Å²) in [5, 5.41) is 6.79. The quantitative estimate of drug-likeness (QED) is 0.199. The van der Waals surface area contributed by atoms with Gasteiger partial charge in [-0.15, -0.1) is 11.3 Å². The van der Waals surface area contributed by atoms with Crippen LogP contribution in [0.2, 0.25) is 0 Å². The van der Waals surface area contributed by atoms with E-state index < -0.39 is 0 Å². The van der Waals surface area contributed by atoms with E-state index in [-0.39, 0.29) is 0 Å². The summed E-state index contributed by atoms with van der Waals surface area (Å²) < 4.78 is 15.9. The molecule has 0 aliphatic rings. The van der Waals surface area contributed by atoms with E-state index in [1.165, 1.54) is 14.8 Å². The Bertz CT molecular complexity index is 2710. The molecule has 0 radical (unpaired) electrons. The molecule has 0 N–H and O–H groups in total. The zero-order valence-electron chi connectivity index (χ0n) is 24.6. The highest BCUT2D eigenvalue weighted by atomic mass is 32.1. The van der Waals surface area contributed by atoms with Crippen molar-refractivity contribution in [2.24, 2.45) is 0 Å². The molecule has 46 heavy (non-hydrogen) atoms. The second kappa shape index (κ2) is 9.83. The number of fused-ring (bicyclic) bond motifs is 10. The molecule has 0 unspecified atom stereocenters. The van der Waals surface area contributed by atoms with Crippen molar-refractivity contribution < 1.29 is 8.83 Å². The third-order valence-electron chi connectivity index (χ3n) is 9.05. The monoisotopic (exact) mass is 607 g/mol. The Morgan fingerprint density at radius 2 is 1.02 bits per heavy atom. The summed E-state index contributed by atoms with van der Waals surface area (Å²) in [5.74, 6) is 0. The van der Waals surface area contributed by atoms with Gasteiger partial charge in [0.2, 0.25) is 0 Å². The number of anilines is 3. The number of benzene rings is 7. The van der Waals surface area contributed by atoms with E-state index in [9.17, 15) is 0 Å². The van der Waals surface area contributed by atoms with Crippen LogP contribution in [0.5, 0.6) is 0 Å². The van der Waals surface area contributed by atoms with Gasteiger partial charge in [0.25, 0.3) is 0 Å². The molecule has 0 fully saturated rings. The first-order valence-electron chi connectivity index (χ1n) is 15.4. The molecule has 10 rings (SSSR count). The van der Waals surface area contributed by atoms with Crippen molar-refractivity contribution in [3.8, 4) is 11.1 Å². The van der Waals surface area contributed by atoms with Gasteiger partial charge in [0.15, 0.2) is 0 Å². The van der Waals surface area contributed by atoms with Crippen molar-refractivity contribution in [2.75, 3.05) is 4.90 Å². The Balaban J connectivity index is 1.35. The largest absolute Gasteiger partial charge is 0.455 e. The molecule has 0 atom stereocenters. The molecule has 216 valence electrons. The van der Waals surface area contributed by atoms with Crippen LogP contribution in [0.15, 0.2) is 160 Å². The van der Waals surface area contributed by atoms with E-state index >= 15 is 0 Å². The van der Waals surface area contributed by atoms with Crippen LogP contribution >= 0.6 is 11.3 Å². The Hall–Kier alpha value is -5.84. The minimum absolute atomic E-state index is 0.870. The number of para-hydroxylation sites is 4. The summed E-state index contributed by atoms with van der Waals surface area (Å²) in [6.07, 6.45) is 0. The summed E-state index contributed by atoms with van der Waals surface area (Å²) in [5.41, 5.74) is 9.06. The Labute approximate surface area is 268 Å². The van der Waals surface area contributed by atoms with E-state index in [2.05, 4.69) is 144 Å². The van der Waals surface area contributed by atoms with Crippen molar-refractivity contribution in [1.82, 2.24) is 0 Å². The van der Waals surface area contributed by atoms with Crippen molar-refractivity contribution in [2.45, 2.75) is 0 Å². The lowest BCUT2D eigenvalue weighted by Gasteiger charge is -2.26. The lowest BCUT2D eigenvalue weighted by atomic mass is 9.96. The van der Waals surface area contributed by atoms with Gasteiger partial charge in [-0.3, -0.25) is 0 Å². The number of furan rings is 2. The second-order valence-electron chi connectivity index (χ2n) is 11.6. The van der Waals surface area contributed by atoms with E-state index in [4.69, 9.17) is 8.83 Å². The van der Waals surface area contributed by atoms with Gasteiger partial charge in [-0.25, -0.2) is 0 Å². The predicted molar refractivity (Wildman–Crippen MR) is 194 cm³/mol. The molecule has 0 saturated heterocycles. The third-order valence-corrected chi connectivity index (χ3v) is 10.3. The molecule has 0 amide bonds. The van der Waals surface area contributed by atoms with Crippen molar-refractivity contribution in [3.05, 3.63) is 152 Å². The zero-order chi connectivity index (χ0) is 30.2. The van der Waals surface area contributed by atoms with Gasteiger partial charge >= 0.3 is 0 Å². The first-order chi connectivity index (χ1) is 22.8. The van der Waals surface area contributed by atoms with Crippen molar-refractivity contribution >= 4 is 92.4 Å². The lowest BCUT2D eigenvalue weighted by molar-refractivity contribution is 0.670. The van der Waals surface area contributed by atoms with Gasteiger partial charge in [-0.05, 0) is 60.7 Å². The highest BCUT2D eigenvalue weighted by Gasteiger charge is 2.25. The molecule has 4 heteroatoms. The fraction of sp³-hybridized carbons (Fsp3) is 0. The van der Waals surface area contributed by atoms with Gasteiger partial charge in [0.05, 0.1) is 11.1 Å². The van der Waals surface area contributed by atoms with Gasteiger partial charge < -0.3 is 13.7 Å². The number of rotatable bonds is 4. The van der Waals surface area contributed by atoms with Crippen molar-refractivity contribution in [3.63, 3.8) is 0 Å². The van der Waals surface area contributed by atoms with Gasteiger partial charge in [0, 0.05) is 58.8 Å². The minimum atomic E-state index is 0.870. The average Bonchev–Trinajstić information content (AvgIpc) is 3.81. The smallest absolute Gasteiger partial charge is 0.145 e. The molecular formula is C42H25NO2S. The highest BCUT2D eigenvalue weighted by molar-refractivity contribution is 7.26. The molecule has 0 aliphatic heterocycles. The summed E-state index contributed by atoms with van der Waals surface area (Å²) in [6, 6.07) is 53.3. The van der Waals surface area contributed by atoms with Crippen LogP contribution in [0, 0.1) is 0 Å². The third kappa shape index (κ3) is 3.65. The number of thiophene rings is 1. The van der Waals surface area contributed by atoms with E-state index in [0.29, 0.717) is 0 Å². The maximum absolute atomic E-state index is 6.86. The van der Waals surface area contributed by atoms with E-state index in [1.807, 2.05) is 23.5 Å². The molecule has 3 aromatic heterocycles. The Morgan fingerprint density at radius 1 is 0.435 bits per heavy atom. The predicted octanol–water partition coefficient (Wildman–Crippen LogP) is 13.0. The molecule has 3 heterocycles. The lowest BCUT2D eigenvalue weighted by Crippen LogP contribution is -2.10. The van der Waals surface area contributed by atoms with Crippen LogP contribution in [-0.2, 0) is 0 Å². The van der Waals surface area contributed by atoms with Crippen LogP contribution in [0.3, 0.4) is 0 Å². The summed E-state index contributed by atoms with van der Waals surface area (Å²) in [7, 11) is 0. The van der Waals surface area contributed by atoms with Crippen LogP contribution in [-0.4, -0.2) is 0 Å². The molecule has 3 nitrogen and oxygen atoms in total. The summed E-state index contributed by atoms with van der Waals surface area (Å²) >= 11 is 1.82. The Kier molecular flexibility index (Phi) is 5.45. The molecule has 0 saturated carbocycles. The van der Waals surface area contributed by atoms with E-state index in [0.717, 1.165) is 77.5 Å². The average molecular weight is 608 g/mol. The number of hydrogen-bond acceptors (Lipinski definition) is 4. The fourth-order valence-corrected chi connectivity index (χ4v) is 8.29. The number of hydrogen-bond donors (Lipinski definition) is 0. The second-order valence-corrected chi connectivity index (χ2v) is 12.7. The molecule has 0 bridgehead atoms. The molecule has 7 aromatic carbocycles. The first-order valence-corrected chi connectivity index (χ1v) is 16.3. The maximum Gasteiger partial charge on any atom is 0.145 e. The SMILES string of the molecule is c1ccc(N(c2ccccc2)c2ccc(-c3cc4c5ccccc5oc4c4c3sc3ccccc34)c3oc4ccccc4c23)cc1. The Morgan fingerprint density at radius 3 is 1.76 bits per heavy atom. The topological polar surface area (TPSA) is 29.5 Å². The van der Waals surface area contributed by atoms with E-state index in [1.54, 1.807) is 0 Å². The normalized spacial score (nSPS) is 11.9. The van der Waals surface area contributed by atoms with Gasteiger partial charge in [0.1, 0.15) is 22.3 Å². The standard InChI is InChI=1S/C42H25NO2S/c1-3-13-26(14-4-1)43(27-15-5-2-6-16-27)34-24-23-29(40-38(34)30-18-8-11-21-36(30)45-40)33-25-32-28-17-7-10-20-35(28)44-41(32)39-31-19-9-12-22-37(31)46-42(33)39/h1-25H. The zero-order valence-corrected chi connectivity index (χ0v) is 25.4. The summed E-state index contributed by atoms with van der Waals surface area (Å²) in [6.45, 7) is 0. The summed E-state index contributed by atoms with van der Waals surface area (Å²) in [4.78, 5) is 2.33. The van der Waals surface area contributed by atoms with Crippen LogP contribution in [0.25, 0.3) is 75.2 Å². The molecule has 10 aromatic rings. The number of nitrogens with zero attached hydrogens (tertiary/aromatic N) is 1. The van der Waals surface area contributed by atoms with Crippen molar-refractivity contribution in [1.29, 1.82) is 0 Å². The van der Waals surface area contributed by atoms with Gasteiger partial charge in [-0.2, -0.15) is 0 Å². The van der Waals surface area contributed by atoms with Crippen LogP contribution < -0.4 is 4.90 Å². The highest BCUT2D eigenvalue weighted by Crippen LogP contribution is 2.51. The maximum atomic E-state index is 6.86.